The van der Waals surface area contributed by atoms with Gasteiger partial charge in [-0.2, -0.15) is 0 Å². The van der Waals surface area contributed by atoms with Crippen molar-refractivity contribution >= 4 is 21.8 Å². The molecule has 0 radical (unpaired) electrons. The molecule has 0 aliphatic carbocycles. The highest BCUT2D eigenvalue weighted by atomic mass is 79.9. The Kier molecular flexibility index (Phi) is 5.61. The predicted octanol–water partition coefficient (Wildman–Crippen LogP) is 3.14. The van der Waals surface area contributed by atoms with Crippen LogP contribution in [0.1, 0.15) is 25.3 Å². The summed E-state index contributed by atoms with van der Waals surface area (Å²) in [5.41, 5.74) is 1.22. The molecule has 0 atom stereocenters. The van der Waals surface area contributed by atoms with Crippen LogP contribution in [0.25, 0.3) is 0 Å². The second kappa shape index (κ2) is 7.23. The number of likely N-dealkylation sites (N-methyl/N-ethyl adjacent to an activating group) is 1. The number of benzene rings is 1. The van der Waals surface area contributed by atoms with Crippen LogP contribution in [0.3, 0.4) is 0 Å². The van der Waals surface area contributed by atoms with Crippen LogP contribution >= 0.6 is 15.9 Å². The van der Waals surface area contributed by atoms with Crippen LogP contribution in [0.2, 0.25) is 0 Å². The predicted molar refractivity (Wildman–Crippen MR) is 85.5 cm³/mol. The first-order chi connectivity index (χ1) is 9.56. The fourth-order valence-electron chi connectivity index (χ4n) is 2.56. The lowest BCUT2D eigenvalue weighted by atomic mass is 9.99. The van der Waals surface area contributed by atoms with Gasteiger partial charge >= 0.3 is 0 Å². The van der Waals surface area contributed by atoms with Crippen LogP contribution in [0.15, 0.2) is 28.7 Å². The number of nitrogens with zero attached hydrogens (tertiary/aromatic N) is 2. The molecule has 0 unspecified atom stereocenters. The molecule has 0 spiro atoms. The summed E-state index contributed by atoms with van der Waals surface area (Å²) in [6, 6.07) is 8.17. The number of hydrogen-bond acceptors (Lipinski definition) is 2. The van der Waals surface area contributed by atoms with Crippen molar-refractivity contribution in [3.05, 3.63) is 34.3 Å². The van der Waals surface area contributed by atoms with E-state index < -0.39 is 0 Å². The molecule has 0 N–H and O–H groups in total. The zero-order chi connectivity index (χ0) is 14.5. The largest absolute Gasteiger partial charge is 0.342 e. The molecular weight excluding hydrogens is 316 g/mol. The Hall–Kier alpha value is -0.870. The van der Waals surface area contributed by atoms with Gasteiger partial charge in [0.25, 0.3) is 0 Å². The molecule has 1 saturated heterocycles. The van der Waals surface area contributed by atoms with E-state index >= 15 is 0 Å². The fourth-order valence-corrected chi connectivity index (χ4v) is 2.97. The van der Waals surface area contributed by atoms with Gasteiger partial charge in [0.1, 0.15) is 0 Å². The topological polar surface area (TPSA) is 23.6 Å². The Labute approximate surface area is 130 Å². The molecule has 0 aromatic heterocycles. The molecule has 1 fully saturated rings. The van der Waals surface area contributed by atoms with Crippen molar-refractivity contribution in [2.24, 2.45) is 5.92 Å². The van der Waals surface area contributed by atoms with E-state index in [2.05, 4.69) is 33.8 Å². The molecule has 4 heteroatoms. The highest BCUT2D eigenvalue weighted by Gasteiger charge is 2.21. The molecule has 1 aliphatic rings. The number of carbonyl (C=O) groups excluding carboxylic acids is 1. The van der Waals surface area contributed by atoms with E-state index in [-0.39, 0.29) is 5.91 Å². The van der Waals surface area contributed by atoms with Gasteiger partial charge in [0.2, 0.25) is 5.91 Å². The minimum Gasteiger partial charge on any atom is -0.342 e. The molecule has 1 aromatic rings. The van der Waals surface area contributed by atoms with Gasteiger partial charge in [-0.3, -0.25) is 9.69 Å². The minimum atomic E-state index is 0.256. The molecule has 3 nitrogen and oxygen atoms in total. The quantitative estimate of drug-likeness (QED) is 0.841. The first-order valence-corrected chi connectivity index (χ1v) is 8.05. The molecule has 0 bridgehead atoms. The van der Waals surface area contributed by atoms with Gasteiger partial charge in [-0.05, 0) is 37.4 Å². The molecule has 1 heterocycles. The van der Waals surface area contributed by atoms with Crippen molar-refractivity contribution in [2.45, 2.75) is 26.3 Å². The molecule has 0 saturated carbocycles. The minimum absolute atomic E-state index is 0.256. The van der Waals surface area contributed by atoms with Crippen LogP contribution in [0, 0.1) is 5.92 Å². The highest BCUT2D eigenvalue weighted by molar-refractivity contribution is 9.10. The first kappa shape index (κ1) is 15.5. The normalized spacial score (nSPS) is 16.7. The molecular formula is C16H23BrN2O. The van der Waals surface area contributed by atoms with Gasteiger partial charge < -0.3 is 4.90 Å². The van der Waals surface area contributed by atoms with Crippen LogP contribution < -0.4 is 0 Å². The lowest BCUT2D eigenvalue weighted by molar-refractivity contribution is -0.133. The van der Waals surface area contributed by atoms with Gasteiger partial charge in [-0.1, -0.05) is 41.1 Å². The van der Waals surface area contributed by atoms with Crippen LogP contribution in [-0.4, -0.2) is 42.4 Å². The van der Waals surface area contributed by atoms with Crippen molar-refractivity contribution in [3.8, 4) is 0 Å². The molecule has 20 heavy (non-hydrogen) atoms. The molecule has 1 aliphatic heterocycles. The van der Waals surface area contributed by atoms with Crippen LogP contribution in [0.4, 0.5) is 0 Å². The number of carbonyl (C=O) groups is 1. The van der Waals surface area contributed by atoms with E-state index in [1.54, 1.807) is 0 Å². The Morgan fingerprint density at radius 2 is 2.00 bits per heavy atom. The maximum absolute atomic E-state index is 12.3. The standard InChI is InChI=1S/C16H23BrN2O/c1-13-7-9-19(10-8-13)16(20)12-18(2)11-14-5-3-4-6-15(14)17/h3-6,13H,7-12H2,1-2H3. The number of halogens is 1. The lowest BCUT2D eigenvalue weighted by Gasteiger charge is -2.31. The average molecular weight is 339 g/mol. The van der Waals surface area contributed by atoms with Gasteiger partial charge in [-0.25, -0.2) is 0 Å². The van der Waals surface area contributed by atoms with E-state index in [4.69, 9.17) is 0 Å². The van der Waals surface area contributed by atoms with E-state index in [1.807, 2.05) is 30.1 Å². The third-order valence-corrected chi connectivity index (χ3v) is 4.71. The summed E-state index contributed by atoms with van der Waals surface area (Å²) >= 11 is 3.55. The summed E-state index contributed by atoms with van der Waals surface area (Å²) in [5.74, 6) is 1.02. The zero-order valence-corrected chi connectivity index (χ0v) is 13.9. The Bertz CT molecular complexity index is 456. The second-order valence-electron chi connectivity index (χ2n) is 5.83. The van der Waals surface area contributed by atoms with Crippen molar-refractivity contribution in [1.82, 2.24) is 9.80 Å². The van der Waals surface area contributed by atoms with Crippen LogP contribution in [-0.2, 0) is 11.3 Å². The maximum Gasteiger partial charge on any atom is 0.236 e. The van der Waals surface area contributed by atoms with Crippen molar-refractivity contribution < 1.29 is 4.79 Å². The van der Waals surface area contributed by atoms with Crippen molar-refractivity contribution in [1.29, 1.82) is 0 Å². The summed E-state index contributed by atoms with van der Waals surface area (Å²) in [6.07, 6.45) is 2.28. The third kappa shape index (κ3) is 4.32. The number of piperidine rings is 1. The van der Waals surface area contributed by atoms with E-state index in [0.29, 0.717) is 6.54 Å². The summed E-state index contributed by atoms with van der Waals surface area (Å²) in [6.45, 7) is 5.39. The summed E-state index contributed by atoms with van der Waals surface area (Å²) < 4.78 is 1.10. The Morgan fingerprint density at radius 3 is 2.65 bits per heavy atom. The number of rotatable bonds is 4. The first-order valence-electron chi connectivity index (χ1n) is 7.26. The van der Waals surface area contributed by atoms with Gasteiger partial charge in [0.15, 0.2) is 0 Å². The molecule has 110 valence electrons. The van der Waals surface area contributed by atoms with E-state index in [0.717, 1.165) is 42.9 Å². The molecule has 1 aromatic carbocycles. The number of hydrogen-bond donors (Lipinski definition) is 0. The van der Waals surface area contributed by atoms with Crippen molar-refractivity contribution in [3.63, 3.8) is 0 Å². The average Bonchev–Trinajstić information content (AvgIpc) is 2.42. The SMILES string of the molecule is CC1CCN(C(=O)CN(C)Cc2ccccc2Br)CC1. The zero-order valence-electron chi connectivity index (χ0n) is 12.3. The van der Waals surface area contributed by atoms with Crippen molar-refractivity contribution in [2.75, 3.05) is 26.7 Å². The van der Waals surface area contributed by atoms with E-state index in [9.17, 15) is 4.79 Å². The number of amides is 1. The summed E-state index contributed by atoms with van der Waals surface area (Å²) in [5, 5.41) is 0. The van der Waals surface area contributed by atoms with Crippen LogP contribution in [0.5, 0.6) is 0 Å². The summed E-state index contributed by atoms with van der Waals surface area (Å²) in [4.78, 5) is 16.4. The second-order valence-corrected chi connectivity index (χ2v) is 6.68. The van der Waals surface area contributed by atoms with Gasteiger partial charge in [-0.15, -0.1) is 0 Å². The van der Waals surface area contributed by atoms with Gasteiger partial charge in [0.05, 0.1) is 6.54 Å². The molecule has 1 amide bonds. The Balaban J connectivity index is 1.83. The number of likely N-dealkylation sites (tertiary alicyclic amines) is 1. The summed E-state index contributed by atoms with van der Waals surface area (Å²) in [7, 11) is 2.00. The highest BCUT2D eigenvalue weighted by Crippen LogP contribution is 2.18. The smallest absolute Gasteiger partial charge is 0.236 e. The van der Waals surface area contributed by atoms with Gasteiger partial charge in [0, 0.05) is 24.1 Å². The fraction of sp³-hybridized carbons (Fsp3) is 0.562. The maximum atomic E-state index is 12.3. The monoisotopic (exact) mass is 338 g/mol. The molecule has 2 rings (SSSR count). The Morgan fingerprint density at radius 1 is 1.35 bits per heavy atom. The lowest BCUT2D eigenvalue weighted by Crippen LogP contribution is -2.42. The third-order valence-electron chi connectivity index (χ3n) is 3.94. The van der Waals surface area contributed by atoms with E-state index in [1.165, 1.54) is 5.56 Å².